The van der Waals surface area contributed by atoms with Crippen molar-refractivity contribution in [3.05, 3.63) is 23.8 Å². The third-order valence-corrected chi connectivity index (χ3v) is 2.09. The molecule has 14 heavy (non-hydrogen) atoms. The fourth-order valence-electron chi connectivity index (χ4n) is 1.14. The predicted molar refractivity (Wildman–Crippen MR) is 59.4 cm³/mol. The van der Waals surface area contributed by atoms with Gasteiger partial charge >= 0.3 is 0 Å². The lowest BCUT2D eigenvalue weighted by atomic mass is 9.90. The van der Waals surface area contributed by atoms with E-state index in [-0.39, 0.29) is 10.8 Å². The molecule has 1 aromatic rings. The molecule has 0 aliphatic rings. The minimum atomic E-state index is 0.0290. The van der Waals surface area contributed by atoms with Crippen LogP contribution in [0.5, 0.6) is 0 Å². The van der Waals surface area contributed by atoms with Gasteiger partial charge in [0.05, 0.1) is 0 Å². The average molecular weight is 192 g/mol. The van der Waals surface area contributed by atoms with E-state index >= 15 is 0 Å². The summed E-state index contributed by atoms with van der Waals surface area (Å²) in [4.78, 5) is 8.92. The van der Waals surface area contributed by atoms with Crippen LogP contribution in [-0.4, -0.2) is 9.97 Å². The van der Waals surface area contributed by atoms with Gasteiger partial charge in [-0.05, 0) is 6.07 Å². The summed E-state index contributed by atoms with van der Waals surface area (Å²) in [5.74, 6) is 0.921. The van der Waals surface area contributed by atoms with E-state index in [2.05, 4.69) is 51.5 Å². The zero-order valence-electron chi connectivity index (χ0n) is 10.0. The van der Waals surface area contributed by atoms with E-state index in [1.165, 1.54) is 0 Å². The van der Waals surface area contributed by atoms with Gasteiger partial charge < -0.3 is 0 Å². The van der Waals surface area contributed by atoms with Gasteiger partial charge in [0.1, 0.15) is 5.82 Å². The predicted octanol–water partition coefficient (Wildman–Crippen LogP) is 3.07. The van der Waals surface area contributed by atoms with Crippen molar-refractivity contribution in [1.82, 2.24) is 9.97 Å². The first kappa shape index (κ1) is 11.2. The highest BCUT2D eigenvalue weighted by Crippen LogP contribution is 2.23. The minimum absolute atomic E-state index is 0.0290. The molecule has 0 N–H and O–H groups in total. The fourth-order valence-corrected chi connectivity index (χ4v) is 1.14. The van der Waals surface area contributed by atoms with Gasteiger partial charge in [-0.3, -0.25) is 0 Å². The Morgan fingerprint density at radius 1 is 0.929 bits per heavy atom. The molecule has 1 heterocycles. The van der Waals surface area contributed by atoms with Gasteiger partial charge in [-0.2, -0.15) is 0 Å². The molecule has 0 atom stereocenters. The molecule has 2 nitrogen and oxygen atoms in total. The first-order valence-electron chi connectivity index (χ1n) is 5.05. The lowest BCUT2D eigenvalue weighted by molar-refractivity contribution is 0.513. The van der Waals surface area contributed by atoms with Crippen LogP contribution in [0.2, 0.25) is 0 Å². The Balaban J connectivity index is 3.15. The molecule has 78 valence electrons. The highest BCUT2D eigenvalue weighted by molar-refractivity contribution is 5.14. The minimum Gasteiger partial charge on any atom is -0.241 e. The third-order valence-electron chi connectivity index (χ3n) is 2.09. The maximum Gasteiger partial charge on any atom is 0.133 e. The zero-order chi connectivity index (χ0) is 11.0. The summed E-state index contributed by atoms with van der Waals surface area (Å²) in [5.41, 5.74) is 1.24. The topological polar surface area (TPSA) is 25.8 Å². The highest BCUT2D eigenvalue weighted by Gasteiger charge is 2.21. The van der Waals surface area contributed by atoms with Crippen molar-refractivity contribution in [2.24, 2.45) is 0 Å². The Bertz CT molecular complexity index is 287. The van der Waals surface area contributed by atoms with Gasteiger partial charge in [0.15, 0.2) is 0 Å². The van der Waals surface area contributed by atoms with E-state index in [9.17, 15) is 0 Å². The van der Waals surface area contributed by atoms with Crippen LogP contribution in [0.1, 0.15) is 53.1 Å². The molecule has 2 heteroatoms. The first-order chi connectivity index (χ1) is 6.21. The Morgan fingerprint density at radius 3 is 1.93 bits per heavy atom. The van der Waals surface area contributed by atoms with Crippen molar-refractivity contribution in [2.45, 2.75) is 52.4 Å². The van der Waals surface area contributed by atoms with Gasteiger partial charge in [0.25, 0.3) is 0 Å². The molecule has 0 radical (unpaired) electrons. The SMILES string of the molecule is CC(C)(C)c1ccnc(C(C)(C)C)n1. The molecule has 0 spiro atoms. The molecule has 1 aromatic heterocycles. The van der Waals surface area contributed by atoms with Gasteiger partial charge in [-0.25, -0.2) is 9.97 Å². The van der Waals surface area contributed by atoms with Crippen LogP contribution in [0.15, 0.2) is 12.3 Å². The molecule has 1 rings (SSSR count). The van der Waals surface area contributed by atoms with Gasteiger partial charge in [0, 0.05) is 22.7 Å². The normalized spacial score (nSPS) is 13.0. The molecular formula is C12H20N2. The summed E-state index contributed by atoms with van der Waals surface area (Å²) in [7, 11) is 0. The van der Waals surface area contributed by atoms with Crippen LogP contribution in [0, 0.1) is 0 Å². The highest BCUT2D eigenvalue weighted by atomic mass is 14.9. The summed E-state index contributed by atoms with van der Waals surface area (Å²) in [6.07, 6.45) is 1.86. The summed E-state index contributed by atoms with van der Waals surface area (Å²) in [6.45, 7) is 12.9. The summed E-state index contributed by atoms with van der Waals surface area (Å²) < 4.78 is 0. The number of hydrogen-bond acceptors (Lipinski definition) is 2. The number of aromatic nitrogens is 2. The molecule has 0 amide bonds. The summed E-state index contributed by atoms with van der Waals surface area (Å²) in [5, 5.41) is 0. The number of hydrogen-bond donors (Lipinski definition) is 0. The van der Waals surface area contributed by atoms with E-state index in [1.54, 1.807) is 0 Å². The van der Waals surface area contributed by atoms with Crippen molar-refractivity contribution in [3.8, 4) is 0 Å². The Morgan fingerprint density at radius 2 is 1.50 bits per heavy atom. The summed E-state index contributed by atoms with van der Waals surface area (Å²) in [6, 6.07) is 2.00. The molecule has 0 fully saturated rings. The van der Waals surface area contributed by atoms with E-state index < -0.39 is 0 Å². The van der Waals surface area contributed by atoms with Crippen LogP contribution in [0.4, 0.5) is 0 Å². The molecule has 0 saturated heterocycles. The second-order valence-corrected chi connectivity index (χ2v) is 5.77. The van der Waals surface area contributed by atoms with Crippen molar-refractivity contribution in [1.29, 1.82) is 0 Å². The molecule has 0 aliphatic heterocycles. The molecule has 0 aromatic carbocycles. The quantitative estimate of drug-likeness (QED) is 0.631. The maximum absolute atomic E-state index is 4.60. The Labute approximate surface area is 86.8 Å². The second-order valence-electron chi connectivity index (χ2n) is 5.77. The number of nitrogens with zero attached hydrogens (tertiary/aromatic N) is 2. The first-order valence-corrected chi connectivity index (χ1v) is 5.05. The van der Waals surface area contributed by atoms with Gasteiger partial charge in [-0.15, -0.1) is 0 Å². The maximum atomic E-state index is 4.60. The van der Waals surface area contributed by atoms with Crippen LogP contribution >= 0.6 is 0 Å². The van der Waals surface area contributed by atoms with Crippen LogP contribution < -0.4 is 0 Å². The van der Waals surface area contributed by atoms with E-state index in [4.69, 9.17) is 0 Å². The lowest BCUT2D eigenvalue weighted by Crippen LogP contribution is -2.21. The second kappa shape index (κ2) is 3.34. The van der Waals surface area contributed by atoms with Crippen molar-refractivity contribution in [2.75, 3.05) is 0 Å². The van der Waals surface area contributed by atoms with Crippen LogP contribution in [0.3, 0.4) is 0 Å². The molecule has 0 saturated carbocycles. The fraction of sp³-hybridized carbons (Fsp3) is 0.667. The molecule has 0 bridgehead atoms. The molecule has 0 unspecified atom stereocenters. The Kier molecular flexibility index (Phi) is 2.66. The third kappa shape index (κ3) is 2.53. The van der Waals surface area contributed by atoms with Gasteiger partial charge in [-0.1, -0.05) is 41.5 Å². The standard InChI is InChI=1S/C12H20N2/c1-11(2,3)9-7-8-13-10(14-9)12(4,5)6/h7-8H,1-6H3. The smallest absolute Gasteiger partial charge is 0.133 e. The van der Waals surface area contributed by atoms with E-state index in [0.717, 1.165) is 11.5 Å². The zero-order valence-corrected chi connectivity index (χ0v) is 10.0. The lowest BCUT2D eigenvalue weighted by Gasteiger charge is -2.22. The molecular weight excluding hydrogens is 172 g/mol. The van der Waals surface area contributed by atoms with Crippen LogP contribution in [-0.2, 0) is 10.8 Å². The van der Waals surface area contributed by atoms with Crippen molar-refractivity contribution in [3.63, 3.8) is 0 Å². The average Bonchev–Trinajstić information content (AvgIpc) is 2.01. The van der Waals surface area contributed by atoms with E-state index in [0.29, 0.717) is 0 Å². The molecule has 0 aliphatic carbocycles. The van der Waals surface area contributed by atoms with Gasteiger partial charge in [0.2, 0.25) is 0 Å². The van der Waals surface area contributed by atoms with E-state index in [1.807, 2.05) is 12.3 Å². The number of rotatable bonds is 0. The largest absolute Gasteiger partial charge is 0.241 e. The van der Waals surface area contributed by atoms with Crippen molar-refractivity contribution < 1.29 is 0 Å². The Hall–Kier alpha value is -0.920. The monoisotopic (exact) mass is 192 g/mol. The summed E-state index contributed by atoms with van der Waals surface area (Å²) >= 11 is 0. The van der Waals surface area contributed by atoms with Crippen LogP contribution in [0.25, 0.3) is 0 Å². The van der Waals surface area contributed by atoms with Crippen molar-refractivity contribution >= 4 is 0 Å².